The van der Waals surface area contributed by atoms with E-state index < -0.39 is 17.2 Å². The molecule has 3 nitrogen and oxygen atoms in total. The summed E-state index contributed by atoms with van der Waals surface area (Å²) >= 11 is 0. The molecule has 4 heteroatoms. The van der Waals surface area contributed by atoms with Gasteiger partial charge in [0.25, 0.3) is 0 Å². The highest BCUT2D eigenvalue weighted by atomic mass is 19.1. The van der Waals surface area contributed by atoms with Crippen molar-refractivity contribution in [1.82, 2.24) is 0 Å². The third kappa shape index (κ3) is 1.29. The normalized spacial score (nSPS) is 17.9. The second-order valence-electron chi connectivity index (χ2n) is 4.33. The van der Waals surface area contributed by atoms with E-state index in [1.54, 1.807) is 6.92 Å². The Bertz CT molecular complexity index is 450. The summed E-state index contributed by atoms with van der Waals surface area (Å²) in [4.78, 5) is 11.2. The molecule has 0 bridgehead atoms. The number of benzene rings is 1. The van der Waals surface area contributed by atoms with Crippen LogP contribution in [0.1, 0.15) is 30.4 Å². The summed E-state index contributed by atoms with van der Waals surface area (Å²) < 4.78 is 13.9. The van der Waals surface area contributed by atoms with Gasteiger partial charge in [-0.25, -0.2) is 4.39 Å². The van der Waals surface area contributed by atoms with Crippen LogP contribution < -0.4 is 0 Å². The van der Waals surface area contributed by atoms with E-state index in [0.717, 1.165) is 6.42 Å². The minimum Gasteiger partial charge on any atom is -0.508 e. The van der Waals surface area contributed by atoms with Gasteiger partial charge < -0.3 is 10.2 Å². The van der Waals surface area contributed by atoms with Crippen LogP contribution in [0.25, 0.3) is 0 Å². The molecular weight excluding hydrogens is 211 g/mol. The largest absolute Gasteiger partial charge is 0.508 e. The van der Waals surface area contributed by atoms with Crippen molar-refractivity contribution < 1.29 is 19.4 Å². The van der Waals surface area contributed by atoms with Crippen molar-refractivity contribution in [3.05, 3.63) is 29.1 Å². The molecule has 86 valence electrons. The fraction of sp³-hybridized carbons (Fsp3) is 0.417. The number of halogens is 1. The summed E-state index contributed by atoms with van der Waals surface area (Å²) in [7, 11) is 0. The van der Waals surface area contributed by atoms with Crippen LogP contribution in [0.15, 0.2) is 12.1 Å². The Balaban J connectivity index is 2.63. The zero-order valence-corrected chi connectivity index (χ0v) is 8.96. The quantitative estimate of drug-likeness (QED) is 0.810. The van der Waals surface area contributed by atoms with Gasteiger partial charge in [-0.15, -0.1) is 0 Å². The summed E-state index contributed by atoms with van der Waals surface area (Å²) in [5, 5.41) is 18.9. The van der Waals surface area contributed by atoms with Crippen LogP contribution in [0.5, 0.6) is 5.75 Å². The minimum atomic E-state index is -1.22. The molecule has 0 heterocycles. The Morgan fingerprint density at radius 3 is 2.50 bits per heavy atom. The van der Waals surface area contributed by atoms with Crippen molar-refractivity contribution in [2.75, 3.05) is 0 Å². The number of hydrogen-bond acceptors (Lipinski definition) is 2. The van der Waals surface area contributed by atoms with Crippen molar-refractivity contribution in [3.63, 3.8) is 0 Å². The smallest absolute Gasteiger partial charge is 0.314 e. The van der Waals surface area contributed by atoms with Crippen molar-refractivity contribution in [1.29, 1.82) is 0 Å². The van der Waals surface area contributed by atoms with E-state index in [-0.39, 0.29) is 11.3 Å². The third-order valence-electron chi connectivity index (χ3n) is 3.41. The molecule has 2 rings (SSSR count). The van der Waals surface area contributed by atoms with E-state index in [0.29, 0.717) is 18.4 Å². The highest BCUT2D eigenvalue weighted by Gasteiger charge is 2.49. The highest BCUT2D eigenvalue weighted by Crippen LogP contribution is 2.48. The van der Waals surface area contributed by atoms with E-state index in [9.17, 15) is 19.4 Å². The molecule has 0 amide bonds. The zero-order chi connectivity index (χ0) is 11.9. The first-order valence-electron chi connectivity index (χ1n) is 5.21. The van der Waals surface area contributed by atoms with Crippen LogP contribution in [0.2, 0.25) is 0 Å². The molecular formula is C12H13FO3. The Labute approximate surface area is 92.5 Å². The van der Waals surface area contributed by atoms with Crippen LogP contribution in [-0.4, -0.2) is 16.2 Å². The molecule has 0 aliphatic heterocycles. The lowest BCUT2D eigenvalue weighted by atomic mass is 9.64. The molecule has 0 atom stereocenters. The number of phenolic OH excluding ortho intramolecular Hbond substituents is 1. The first kappa shape index (κ1) is 10.9. The number of aromatic hydroxyl groups is 1. The number of carbonyl (C=O) groups is 1. The summed E-state index contributed by atoms with van der Waals surface area (Å²) in [6, 6.07) is 2.80. The maximum Gasteiger partial charge on any atom is 0.314 e. The maximum absolute atomic E-state index is 13.9. The van der Waals surface area contributed by atoms with Gasteiger partial charge in [0, 0.05) is 5.56 Å². The molecule has 2 N–H and O–H groups in total. The molecule has 1 aliphatic rings. The lowest BCUT2D eigenvalue weighted by Gasteiger charge is -2.38. The van der Waals surface area contributed by atoms with Crippen LogP contribution in [0.4, 0.5) is 4.39 Å². The molecule has 0 saturated heterocycles. The molecule has 16 heavy (non-hydrogen) atoms. The number of rotatable bonds is 2. The number of carboxylic acid groups (broad SMARTS) is 1. The van der Waals surface area contributed by atoms with Crippen LogP contribution >= 0.6 is 0 Å². The molecule has 1 aliphatic carbocycles. The molecule has 1 aromatic carbocycles. The summed E-state index contributed by atoms with van der Waals surface area (Å²) in [6.45, 7) is 1.56. The van der Waals surface area contributed by atoms with Crippen LogP contribution in [-0.2, 0) is 10.2 Å². The van der Waals surface area contributed by atoms with Gasteiger partial charge in [0.2, 0.25) is 0 Å². The molecule has 0 aromatic heterocycles. The van der Waals surface area contributed by atoms with Gasteiger partial charge in [0.05, 0.1) is 5.41 Å². The zero-order valence-electron chi connectivity index (χ0n) is 8.96. The standard InChI is InChI=1S/C12H13FO3/c1-7-3-4-8(14)9(10(7)13)12(11(15)16)5-2-6-12/h3-4,14H,2,5-6H2,1H3,(H,15,16). The van der Waals surface area contributed by atoms with Gasteiger partial charge >= 0.3 is 5.97 Å². The first-order chi connectivity index (χ1) is 7.49. The predicted molar refractivity (Wildman–Crippen MR) is 56.0 cm³/mol. The number of carboxylic acids is 1. The van der Waals surface area contributed by atoms with Gasteiger partial charge in [0.1, 0.15) is 11.6 Å². The van der Waals surface area contributed by atoms with E-state index in [1.165, 1.54) is 12.1 Å². The summed E-state index contributed by atoms with van der Waals surface area (Å²) in [6.07, 6.45) is 1.52. The van der Waals surface area contributed by atoms with Crippen LogP contribution in [0, 0.1) is 12.7 Å². The number of phenols is 1. The second kappa shape index (κ2) is 3.47. The second-order valence-corrected chi connectivity index (χ2v) is 4.33. The Kier molecular flexibility index (Phi) is 2.37. The monoisotopic (exact) mass is 224 g/mol. The Morgan fingerprint density at radius 1 is 1.44 bits per heavy atom. The van der Waals surface area contributed by atoms with Gasteiger partial charge in [-0.05, 0) is 31.4 Å². The van der Waals surface area contributed by atoms with Crippen LogP contribution in [0.3, 0.4) is 0 Å². The SMILES string of the molecule is Cc1ccc(O)c(C2(C(=O)O)CCC2)c1F. The Morgan fingerprint density at radius 2 is 2.06 bits per heavy atom. The molecule has 0 unspecified atom stereocenters. The van der Waals surface area contributed by atoms with E-state index >= 15 is 0 Å². The van der Waals surface area contributed by atoms with E-state index in [4.69, 9.17) is 0 Å². The van der Waals surface area contributed by atoms with Gasteiger partial charge in [0.15, 0.2) is 0 Å². The van der Waals surface area contributed by atoms with Crippen molar-refractivity contribution >= 4 is 5.97 Å². The van der Waals surface area contributed by atoms with E-state index in [1.807, 2.05) is 0 Å². The number of aryl methyl sites for hydroxylation is 1. The molecule has 1 saturated carbocycles. The molecule has 1 aromatic rings. The number of aliphatic carboxylic acids is 1. The topological polar surface area (TPSA) is 57.5 Å². The van der Waals surface area contributed by atoms with Gasteiger partial charge in [-0.1, -0.05) is 12.5 Å². The van der Waals surface area contributed by atoms with Gasteiger partial charge in [-0.2, -0.15) is 0 Å². The average molecular weight is 224 g/mol. The maximum atomic E-state index is 13.9. The van der Waals surface area contributed by atoms with E-state index in [2.05, 4.69) is 0 Å². The predicted octanol–water partition coefficient (Wildman–Crippen LogP) is 2.35. The van der Waals surface area contributed by atoms with Crippen molar-refractivity contribution in [2.24, 2.45) is 0 Å². The first-order valence-corrected chi connectivity index (χ1v) is 5.21. The summed E-state index contributed by atoms with van der Waals surface area (Å²) in [5.41, 5.74) is -0.910. The lowest BCUT2D eigenvalue weighted by Crippen LogP contribution is -2.43. The average Bonchev–Trinajstić information content (AvgIpc) is 2.15. The van der Waals surface area contributed by atoms with Gasteiger partial charge in [-0.3, -0.25) is 4.79 Å². The van der Waals surface area contributed by atoms with Crippen molar-refractivity contribution in [3.8, 4) is 5.75 Å². The lowest BCUT2D eigenvalue weighted by molar-refractivity contribution is -0.147. The fourth-order valence-electron chi connectivity index (χ4n) is 2.23. The minimum absolute atomic E-state index is 0.0498. The molecule has 0 radical (unpaired) electrons. The Hall–Kier alpha value is -1.58. The summed E-state index contributed by atoms with van der Waals surface area (Å²) in [5.74, 6) is -1.91. The fourth-order valence-corrected chi connectivity index (χ4v) is 2.23. The molecule has 0 spiro atoms. The number of hydrogen-bond donors (Lipinski definition) is 2. The highest BCUT2D eigenvalue weighted by molar-refractivity contribution is 5.83. The third-order valence-corrected chi connectivity index (χ3v) is 3.41. The molecule has 1 fully saturated rings. The van der Waals surface area contributed by atoms with Crippen molar-refractivity contribution in [2.45, 2.75) is 31.6 Å².